The van der Waals surface area contributed by atoms with E-state index >= 15 is 0 Å². The van der Waals surface area contributed by atoms with Crippen LogP contribution in [0, 0.1) is 0 Å². The molecule has 0 amide bonds. The fourth-order valence-corrected chi connectivity index (χ4v) is 1.01. The van der Waals surface area contributed by atoms with Gasteiger partial charge in [-0.15, -0.1) is 0 Å². The van der Waals surface area contributed by atoms with Crippen LogP contribution in [0.4, 0.5) is 13.5 Å². The Bertz CT molecular complexity index is 114. The Morgan fingerprint density at radius 3 is 2.10 bits per heavy atom. The summed E-state index contributed by atoms with van der Waals surface area (Å²) in [7, 11) is 0. The van der Waals surface area contributed by atoms with Crippen LogP contribution in [0.2, 0.25) is 0 Å². The van der Waals surface area contributed by atoms with Crippen LogP contribution in [-0.2, 0) is 0 Å². The summed E-state index contributed by atoms with van der Waals surface area (Å²) in [6.07, 6.45) is 1.43. The van der Waals surface area contributed by atoms with Crippen molar-refractivity contribution in [2.45, 2.75) is 12.8 Å². The average molecular weight is 153 g/mol. The molecular weight excluding hydrogens is 143 g/mol. The highest BCUT2D eigenvalue weighted by Crippen LogP contribution is 2.10. The van der Waals surface area contributed by atoms with Gasteiger partial charge in [0.25, 0.3) is 6.08 Å². The van der Waals surface area contributed by atoms with E-state index in [1.54, 1.807) is 4.90 Å². The van der Waals surface area contributed by atoms with Crippen LogP contribution in [0.1, 0.15) is 12.8 Å². The van der Waals surface area contributed by atoms with Crippen molar-refractivity contribution in [2.75, 3.05) is 13.1 Å². The lowest BCUT2D eigenvalue weighted by Gasteiger charge is -2.07. The van der Waals surface area contributed by atoms with E-state index < -0.39 is 6.08 Å². The van der Waals surface area contributed by atoms with E-state index in [9.17, 15) is 8.78 Å². The molecule has 0 N–H and O–H groups in total. The molecule has 1 rings (SSSR count). The molecule has 0 saturated carbocycles. The first kappa shape index (κ1) is 9.33. The molecular formula is C6H10F3N. The lowest BCUT2D eigenvalue weighted by atomic mass is 10.4. The summed E-state index contributed by atoms with van der Waals surface area (Å²) in [6, 6.07) is 0. The molecule has 0 aromatic heterocycles. The van der Waals surface area contributed by atoms with Crippen LogP contribution in [0.15, 0.2) is 12.3 Å². The third-order valence-electron chi connectivity index (χ3n) is 1.42. The summed E-state index contributed by atoms with van der Waals surface area (Å²) in [5.74, 6) is 0. The standard InChI is InChI=1S/C6H9F2N.FH/c7-6(8)5-9-3-1-2-4-9;/h5H,1-4H2;1H. The summed E-state index contributed by atoms with van der Waals surface area (Å²) in [5, 5.41) is 0. The second-order valence-corrected chi connectivity index (χ2v) is 2.16. The quantitative estimate of drug-likeness (QED) is 0.556. The maximum absolute atomic E-state index is 11.5. The minimum Gasteiger partial charge on any atom is -0.373 e. The van der Waals surface area contributed by atoms with Gasteiger partial charge in [0.1, 0.15) is 0 Å². The smallest absolute Gasteiger partial charge is 0.286 e. The van der Waals surface area contributed by atoms with Crippen molar-refractivity contribution in [3.8, 4) is 0 Å². The molecule has 0 aromatic carbocycles. The highest BCUT2D eigenvalue weighted by Gasteiger charge is 2.07. The molecule has 0 atom stereocenters. The van der Waals surface area contributed by atoms with Gasteiger partial charge in [-0.3, -0.25) is 4.70 Å². The molecule has 0 aromatic rings. The summed E-state index contributed by atoms with van der Waals surface area (Å²) in [6.45, 7) is 1.58. The molecule has 0 aliphatic carbocycles. The summed E-state index contributed by atoms with van der Waals surface area (Å²) >= 11 is 0. The van der Waals surface area contributed by atoms with Gasteiger partial charge in [-0.1, -0.05) is 0 Å². The van der Waals surface area contributed by atoms with Gasteiger partial charge in [-0.25, -0.2) is 0 Å². The molecule has 1 aliphatic heterocycles. The minimum atomic E-state index is -1.59. The molecule has 10 heavy (non-hydrogen) atoms. The van der Waals surface area contributed by atoms with Crippen molar-refractivity contribution < 1.29 is 13.5 Å². The minimum absolute atomic E-state index is 0. The molecule has 1 saturated heterocycles. The Balaban J connectivity index is 0.000000810. The zero-order valence-corrected chi connectivity index (χ0v) is 5.52. The first-order valence-corrected chi connectivity index (χ1v) is 3.06. The van der Waals surface area contributed by atoms with Crippen LogP contribution in [0.25, 0.3) is 0 Å². The predicted molar refractivity (Wildman–Crippen MR) is 33.6 cm³/mol. The van der Waals surface area contributed by atoms with E-state index in [2.05, 4.69) is 0 Å². The van der Waals surface area contributed by atoms with Crippen molar-refractivity contribution in [3.63, 3.8) is 0 Å². The predicted octanol–water partition coefficient (Wildman–Crippen LogP) is 1.97. The molecule has 4 heteroatoms. The summed E-state index contributed by atoms with van der Waals surface area (Å²) < 4.78 is 23.0. The second-order valence-electron chi connectivity index (χ2n) is 2.16. The lowest BCUT2D eigenvalue weighted by Crippen LogP contribution is -2.10. The Hall–Kier alpha value is -0.670. The van der Waals surface area contributed by atoms with E-state index in [1.165, 1.54) is 0 Å². The first-order valence-electron chi connectivity index (χ1n) is 3.06. The van der Waals surface area contributed by atoms with Gasteiger partial charge in [-0.2, -0.15) is 8.78 Å². The molecule has 60 valence electrons. The maximum Gasteiger partial charge on any atom is 0.286 e. The number of nitrogens with zero attached hydrogens (tertiary/aromatic N) is 1. The zero-order chi connectivity index (χ0) is 6.69. The van der Waals surface area contributed by atoms with Crippen molar-refractivity contribution in [1.29, 1.82) is 0 Å². The van der Waals surface area contributed by atoms with Crippen LogP contribution in [-0.4, -0.2) is 18.0 Å². The number of halogens is 3. The van der Waals surface area contributed by atoms with E-state index in [0.717, 1.165) is 32.1 Å². The Morgan fingerprint density at radius 2 is 1.70 bits per heavy atom. The maximum atomic E-state index is 11.5. The van der Waals surface area contributed by atoms with E-state index in [4.69, 9.17) is 0 Å². The van der Waals surface area contributed by atoms with Gasteiger partial charge in [0, 0.05) is 13.1 Å². The molecule has 0 spiro atoms. The molecule has 1 aliphatic rings. The molecule has 1 heterocycles. The Morgan fingerprint density at radius 1 is 1.20 bits per heavy atom. The molecule has 0 bridgehead atoms. The Labute approximate surface area is 57.7 Å². The van der Waals surface area contributed by atoms with Gasteiger partial charge in [0.15, 0.2) is 0 Å². The topological polar surface area (TPSA) is 3.24 Å². The van der Waals surface area contributed by atoms with E-state index in [0.29, 0.717) is 0 Å². The number of hydrogen-bond acceptors (Lipinski definition) is 1. The first-order chi connectivity index (χ1) is 4.29. The van der Waals surface area contributed by atoms with Crippen LogP contribution in [0.3, 0.4) is 0 Å². The molecule has 1 nitrogen and oxygen atoms in total. The summed E-state index contributed by atoms with van der Waals surface area (Å²) in [5.41, 5.74) is 0. The molecule has 0 radical (unpaired) electrons. The highest BCUT2D eigenvalue weighted by molar-refractivity contribution is 4.83. The van der Waals surface area contributed by atoms with Gasteiger partial charge in [-0.05, 0) is 12.8 Å². The van der Waals surface area contributed by atoms with Crippen molar-refractivity contribution in [1.82, 2.24) is 4.90 Å². The third kappa shape index (κ3) is 2.75. The SMILES string of the molecule is F.FC(F)=CN1CCCC1. The van der Waals surface area contributed by atoms with Crippen molar-refractivity contribution in [2.24, 2.45) is 0 Å². The van der Waals surface area contributed by atoms with Crippen LogP contribution >= 0.6 is 0 Å². The monoisotopic (exact) mass is 153 g/mol. The van der Waals surface area contributed by atoms with Crippen molar-refractivity contribution >= 4 is 0 Å². The van der Waals surface area contributed by atoms with E-state index in [1.807, 2.05) is 0 Å². The largest absolute Gasteiger partial charge is 0.373 e. The van der Waals surface area contributed by atoms with E-state index in [-0.39, 0.29) is 4.70 Å². The molecule has 1 fully saturated rings. The third-order valence-corrected chi connectivity index (χ3v) is 1.42. The molecule has 0 unspecified atom stereocenters. The fraction of sp³-hybridized carbons (Fsp3) is 0.667. The van der Waals surface area contributed by atoms with Gasteiger partial charge in [0.2, 0.25) is 0 Å². The van der Waals surface area contributed by atoms with Gasteiger partial charge >= 0.3 is 0 Å². The average Bonchev–Trinajstić information content (AvgIpc) is 2.15. The Kier molecular flexibility index (Phi) is 3.91. The number of likely N-dealkylation sites (tertiary alicyclic amines) is 1. The van der Waals surface area contributed by atoms with Gasteiger partial charge < -0.3 is 4.90 Å². The normalized spacial score (nSPS) is 16.4. The highest BCUT2D eigenvalue weighted by atomic mass is 19.3. The lowest BCUT2D eigenvalue weighted by molar-refractivity contribution is 0.370. The summed E-state index contributed by atoms with van der Waals surface area (Å²) in [4.78, 5) is 1.65. The van der Waals surface area contributed by atoms with Gasteiger partial charge in [0.05, 0.1) is 6.20 Å². The second kappa shape index (κ2) is 4.19. The van der Waals surface area contributed by atoms with Crippen LogP contribution in [0.5, 0.6) is 0 Å². The fourth-order valence-electron chi connectivity index (χ4n) is 1.01. The van der Waals surface area contributed by atoms with Crippen molar-refractivity contribution in [3.05, 3.63) is 12.3 Å². The zero-order valence-electron chi connectivity index (χ0n) is 5.52. The number of hydrogen-bond donors (Lipinski definition) is 0. The number of rotatable bonds is 1. The van der Waals surface area contributed by atoms with Crippen LogP contribution < -0.4 is 0 Å².